The molecule has 4 aliphatic rings. The topological polar surface area (TPSA) is 60.0 Å². The zero-order valence-corrected chi connectivity index (χ0v) is 16.0. The number of hydrazone groups is 1. The van der Waals surface area contributed by atoms with Gasteiger partial charge in [-0.1, -0.05) is 12.1 Å². The summed E-state index contributed by atoms with van der Waals surface area (Å²) in [5.74, 6) is 0.529. The van der Waals surface area contributed by atoms with Gasteiger partial charge in [0.2, 0.25) is 0 Å². The highest BCUT2D eigenvalue weighted by Gasteiger charge is 2.46. The molecule has 3 saturated heterocycles. The highest BCUT2D eigenvalue weighted by atomic mass is 19.4. The summed E-state index contributed by atoms with van der Waals surface area (Å²) in [6.07, 6.45) is -3.47. The fraction of sp³-hybridized carbons (Fsp3) is 0.600. The molecule has 0 aliphatic carbocycles. The molecule has 3 fully saturated rings. The predicted octanol–water partition coefficient (Wildman–Crippen LogP) is 1.54. The molecule has 4 atom stereocenters. The Kier molecular flexibility index (Phi) is 4.45. The Bertz CT molecular complexity index is 828. The van der Waals surface area contributed by atoms with Crippen LogP contribution in [0.4, 0.5) is 18.9 Å². The predicted molar refractivity (Wildman–Crippen MR) is 103 cm³/mol. The summed E-state index contributed by atoms with van der Waals surface area (Å²) in [7, 11) is 0. The number of hydrogen-bond donors (Lipinski definition) is 2. The van der Waals surface area contributed by atoms with Gasteiger partial charge in [-0.05, 0) is 25.1 Å². The molecular weight excluding hydrogens is 383 g/mol. The van der Waals surface area contributed by atoms with Crippen LogP contribution >= 0.6 is 0 Å². The number of amides is 1. The number of fused-ring (bicyclic) bond motifs is 2. The minimum atomic E-state index is -4.37. The van der Waals surface area contributed by atoms with Gasteiger partial charge in [0, 0.05) is 56.2 Å². The van der Waals surface area contributed by atoms with Crippen molar-refractivity contribution >= 4 is 17.3 Å². The average molecular weight is 407 g/mol. The number of anilines is 1. The Labute approximate surface area is 167 Å². The molecule has 0 spiro atoms. The van der Waals surface area contributed by atoms with Crippen LogP contribution in [-0.2, 0) is 11.0 Å². The first-order valence-corrected chi connectivity index (χ1v) is 10.2. The van der Waals surface area contributed by atoms with E-state index in [1.165, 1.54) is 6.07 Å². The van der Waals surface area contributed by atoms with Crippen molar-refractivity contribution in [3.8, 4) is 0 Å². The molecule has 4 aliphatic heterocycles. The molecule has 6 nitrogen and oxygen atoms in total. The van der Waals surface area contributed by atoms with E-state index in [4.69, 9.17) is 0 Å². The number of hydrogen-bond acceptors (Lipinski definition) is 5. The highest BCUT2D eigenvalue weighted by molar-refractivity contribution is 6.40. The van der Waals surface area contributed by atoms with Crippen molar-refractivity contribution in [1.82, 2.24) is 15.6 Å². The first-order chi connectivity index (χ1) is 13.9. The SMILES string of the molecule is O=C(C1=NNC2CNCCC12)N1C[C@@H]2CN(c3ccccc3C(F)(F)F)C[C@@H]2C1. The van der Waals surface area contributed by atoms with Gasteiger partial charge >= 0.3 is 6.18 Å². The van der Waals surface area contributed by atoms with Crippen molar-refractivity contribution < 1.29 is 18.0 Å². The number of nitrogens with one attached hydrogen (secondary N) is 2. The van der Waals surface area contributed by atoms with Crippen molar-refractivity contribution in [3.63, 3.8) is 0 Å². The Balaban J connectivity index is 1.26. The van der Waals surface area contributed by atoms with Crippen molar-refractivity contribution in [1.29, 1.82) is 0 Å². The van der Waals surface area contributed by atoms with Gasteiger partial charge in [0.1, 0.15) is 5.71 Å². The molecule has 0 radical (unpaired) electrons. The number of carbonyl (C=O) groups excluding carboxylic acids is 1. The number of carbonyl (C=O) groups is 1. The smallest absolute Gasteiger partial charge is 0.370 e. The van der Waals surface area contributed by atoms with Crippen LogP contribution in [-0.4, -0.2) is 61.8 Å². The van der Waals surface area contributed by atoms with Crippen LogP contribution in [0.5, 0.6) is 0 Å². The normalized spacial score (nSPS) is 31.3. The van der Waals surface area contributed by atoms with Crippen LogP contribution in [0, 0.1) is 17.8 Å². The third-order valence-corrected chi connectivity index (χ3v) is 6.73. The van der Waals surface area contributed by atoms with Crippen LogP contribution in [0.25, 0.3) is 0 Å². The van der Waals surface area contributed by atoms with E-state index in [-0.39, 0.29) is 35.4 Å². The third-order valence-electron chi connectivity index (χ3n) is 6.73. The van der Waals surface area contributed by atoms with Crippen molar-refractivity contribution in [2.45, 2.75) is 18.6 Å². The lowest BCUT2D eigenvalue weighted by atomic mass is 9.89. The summed E-state index contributed by atoms with van der Waals surface area (Å²) in [5.41, 5.74) is 3.35. The second kappa shape index (κ2) is 6.90. The third kappa shape index (κ3) is 3.25. The molecule has 0 saturated carbocycles. The Hall–Kier alpha value is -2.29. The van der Waals surface area contributed by atoms with Gasteiger partial charge in [-0.25, -0.2) is 0 Å². The lowest BCUT2D eigenvalue weighted by Gasteiger charge is -2.28. The molecule has 29 heavy (non-hydrogen) atoms. The number of piperidine rings is 1. The molecule has 1 amide bonds. The largest absolute Gasteiger partial charge is 0.418 e. The molecule has 2 unspecified atom stereocenters. The van der Waals surface area contributed by atoms with Crippen LogP contribution in [0.1, 0.15) is 12.0 Å². The number of likely N-dealkylation sites (tertiary alicyclic amines) is 1. The first-order valence-electron chi connectivity index (χ1n) is 10.2. The molecular formula is C20H24F3N5O. The number of nitrogens with zero attached hydrogens (tertiary/aromatic N) is 3. The van der Waals surface area contributed by atoms with Crippen LogP contribution in [0.2, 0.25) is 0 Å². The van der Waals surface area contributed by atoms with Crippen LogP contribution in [0.15, 0.2) is 29.4 Å². The zero-order chi connectivity index (χ0) is 20.2. The van der Waals surface area contributed by atoms with Gasteiger partial charge in [-0.3, -0.25) is 4.79 Å². The van der Waals surface area contributed by atoms with E-state index < -0.39 is 11.7 Å². The van der Waals surface area contributed by atoms with Crippen LogP contribution in [0.3, 0.4) is 0 Å². The summed E-state index contributed by atoms with van der Waals surface area (Å²) < 4.78 is 40.1. The lowest BCUT2D eigenvalue weighted by Crippen LogP contribution is -2.48. The summed E-state index contributed by atoms with van der Waals surface area (Å²) in [4.78, 5) is 16.7. The summed E-state index contributed by atoms with van der Waals surface area (Å²) in [6, 6.07) is 5.94. The van der Waals surface area contributed by atoms with E-state index in [1.54, 1.807) is 12.1 Å². The van der Waals surface area contributed by atoms with Gasteiger partial charge in [0.15, 0.2) is 0 Å². The Morgan fingerprint density at radius 1 is 1.10 bits per heavy atom. The van der Waals surface area contributed by atoms with E-state index in [0.717, 1.165) is 25.6 Å². The maximum atomic E-state index is 13.4. The van der Waals surface area contributed by atoms with Gasteiger partial charge in [0.25, 0.3) is 5.91 Å². The highest BCUT2D eigenvalue weighted by Crippen LogP contribution is 2.41. The lowest BCUT2D eigenvalue weighted by molar-refractivity contribution is -0.137. The Morgan fingerprint density at radius 3 is 2.55 bits per heavy atom. The fourth-order valence-electron chi connectivity index (χ4n) is 5.27. The van der Waals surface area contributed by atoms with Crippen LogP contribution < -0.4 is 15.6 Å². The maximum absolute atomic E-state index is 13.4. The monoisotopic (exact) mass is 407 g/mol. The Morgan fingerprint density at radius 2 is 1.83 bits per heavy atom. The van der Waals surface area contributed by atoms with Crippen molar-refractivity contribution in [2.75, 3.05) is 44.2 Å². The quantitative estimate of drug-likeness (QED) is 0.781. The van der Waals surface area contributed by atoms with Gasteiger partial charge < -0.3 is 20.5 Å². The first kappa shape index (κ1) is 18.7. The molecule has 1 aromatic carbocycles. The fourth-order valence-corrected chi connectivity index (χ4v) is 5.27. The molecule has 1 aromatic rings. The van der Waals surface area contributed by atoms with Gasteiger partial charge in [-0.15, -0.1) is 0 Å². The molecule has 0 bridgehead atoms. The van der Waals surface area contributed by atoms with Crippen molar-refractivity contribution in [3.05, 3.63) is 29.8 Å². The standard InChI is InChI=1S/C20H24F3N5O/c21-20(22,23)15-3-1-2-4-17(15)27-8-12-10-28(11-13(12)9-27)19(29)18-14-5-6-24-7-16(14)25-26-18/h1-4,12-14,16,24-25H,5-11H2/t12-,13+,14?,16?. The van der Waals surface area contributed by atoms with E-state index >= 15 is 0 Å². The molecule has 2 N–H and O–H groups in total. The summed E-state index contributed by atoms with van der Waals surface area (Å²) in [6.45, 7) is 3.95. The number of benzene rings is 1. The van der Waals surface area contributed by atoms with E-state index in [0.29, 0.717) is 31.9 Å². The minimum absolute atomic E-state index is 0.0106. The number of para-hydroxylation sites is 1. The second-order valence-electron chi connectivity index (χ2n) is 8.48. The van der Waals surface area contributed by atoms with Gasteiger partial charge in [0.05, 0.1) is 11.6 Å². The second-order valence-corrected chi connectivity index (χ2v) is 8.48. The molecule has 0 aromatic heterocycles. The summed E-state index contributed by atoms with van der Waals surface area (Å²) >= 11 is 0. The molecule has 9 heteroatoms. The van der Waals surface area contributed by atoms with Gasteiger partial charge in [-0.2, -0.15) is 18.3 Å². The zero-order valence-electron chi connectivity index (χ0n) is 16.0. The van der Waals surface area contributed by atoms with E-state index in [1.807, 2.05) is 9.80 Å². The summed E-state index contributed by atoms with van der Waals surface area (Å²) in [5, 5.41) is 7.63. The number of halogens is 3. The molecule has 5 rings (SSSR count). The maximum Gasteiger partial charge on any atom is 0.418 e. The molecule has 4 heterocycles. The number of rotatable bonds is 2. The number of alkyl halides is 3. The van der Waals surface area contributed by atoms with Crippen molar-refractivity contribution in [2.24, 2.45) is 22.9 Å². The van der Waals surface area contributed by atoms with E-state index in [9.17, 15) is 18.0 Å². The van der Waals surface area contributed by atoms with E-state index in [2.05, 4.69) is 15.8 Å². The minimum Gasteiger partial charge on any atom is -0.370 e. The molecule has 156 valence electrons. The average Bonchev–Trinajstić information content (AvgIpc) is 3.39.